The Kier molecular flexibility index (Phi) is 3.25. The number of nitrogens with zero attached hydrogens (tertiary/aromatic N) is 1. The number of hydrogen-bond donors (Lipinski definition) is 2. The van der Waals surface area contributed by atoms with Crippen LogP contribution in [0.5, 0.6) is 0 Å². The molecule has 0 unspecified atom stereocenters. The summed E-state index contributed by atoms with van der Waals surface area (Å²) < 4.78 is 23.6. The second kappa shape index (κ2) is 3.97. The summed E-state index contributed by atoms with van der Waals surface area (Å²) in [5, 5.41) is 8.11. The van der Waals surface area contributed by atoms with E-state index < -0.39 is 25.4 Å². The van der Waals surface area contributed by atoms with E-state index in [1.807, 2.05) is 0 Å². The van der Waals surface area contributed by atoms with Crippen molar-refractivity contribution in [3.8, 4) is 0 Å². The Morgan fingerprint density at radius 1 is 1.33 bits per heavy atom. The lowest BCUT2D eigenvalue weighted by atomic mass is 10.4. The maximum Gasteiger partial charge on any atom is 0.450 e. The van der Waals surface area contributed by atoms with Gasteiger partial charge in [0.2, 0.25) is 0 Å². The van der Waals surface area contributed by atoms with Crippen LogP contribution in [0.15, 0.2) is 0 Å². The molecule has 0 spiro atoms. The van der Waals surface area contributed by atoms with Crippen LogP contribution in [0.2, 0.25) is 0 Å². The van der Waals surface area contributed by atoms with Crippen molar-refractivity contribution in [1.82, 2.24) is 5.43 Å². The van der Waals surface area contributed by atoms with Crippen LogP contribution < -0.4 is 5.43 Å². The number of sulfonamides is 1. The minimum atomic E-state index is -3.49. The lowest BCUT2D eigenvalue weighted by Crippen LogP contribution is -2.63. The molecule has 0 radical (unpaired) electrons. The highest BCUT2D eigenvalue weighted by Gasteiger charge is 2.48. The van der Waals surface area contributed by atoms with E-state index in [9.17, 15) is 13.2 Å². The lowest BCUT2D eigenvalue weighted by molar-refractivity contribution is -0.831. The molecule has 1 aliphatic rings. The quantitative estimate of drug-likeness (QED) is 0.701. The molecule has 7 heteroatoms. The Hall–Kier alpha value is -0.820. The first-order chi connectivity index (χ1) is 6.82. The molecule has 0 atom stereocenters. The second-order valence-corrected chi connectivity index (χ2v) is 6.70. The highest BCUT2D eigenvalue weighted by atomic mass is 32.2. The van der Waals surface area contributed by atoms with E-state index in [0.717, 1.165) is 12.8 Å². The summed E-state index contributed by atoms with van der Waals surface area (Å²) in [7, 11) is -3.49. The van der Waals surface area contributed by atoms with Crippen LogP contribution in [0, 0.1) is 0 Å². The summed E-state index contributed by atoms with van der Waals surface area (Å²) in [6.07, 6.45) is 0.166. The molecule has 15 heavy (non-hydrogen) atoms. The molecule has 1 saturated heterocycles. The van der Waals surface area contributed by atoms with Crippen molar-refractivity contribution in [3.05, 3.63) is 0 Å². The maximum absolute atomic E-state index is 12.0. The Balaban J connectivity index is 3.06. The summed E-state index contributed by atoms with van der Waals surface area (Å²) >= 11 is 0. The summed E-state index contributed by atoms with van der Waals surface area (Å²) in [6, 6.07) is 0. The number of nitrogens with one attached hydrogen (secondary N) is 1. The Bertz CT molecular complexity index is 344. The van der Waals surface area contributed by atoms with Gasteiger partial charge in [0.1, 0.15) is 18.3 Å². The van der Waals surface area contributed by atoms with E-state index in [1.165, 1.54) is 0 Å². The summed E-state index contributed by atoms with van der Waals surface area (Å²) in [5.74, 6) is 0. The normalized spacial score (nSPS) is 20.5. The van der Waals surface area contributed by atoms with Crippen molar-refractivity contribution in [2.75, 3.05) is 13.1 Å². The van der Waals surface area contributed by atoms with Crippen molar-refractivity contribution < 1.29 is 22.3 Å². The van der Waals surface area contributed by atoms with Crippen LogP contribution in [0.25, 0.3) is 0 Å². The van der Waals surface area contributed by atoms with Crippen molar-refractivity contribution in [2.24, 2.45) is 0 Å². The minimum Gasteiger partial charge on any atom is -0.462 e. The van der Waals surface area contributed by atoms with E-state index in [4.69, 9.17) is 5.11 Å². The van der Waals surface area contributed by atoms with Gasteiger partial charge in [-0.3, -0.25) is 0 Å². The molecule has 0 aromatic heterocycles. The SMILES string of the molecule is CC(C)S(=O)(=O)[N+]1(NC(=O)O)CCCC1. The number of amides is 1. The molecular weight excluding hydrogens is 220 g/mol. The Morgan fingerprint density at radius 3 is 2.13 bits per heavy atom. The van der Waals surface area contributed by atoms with Gasteiger partial charge in [-0.05, 0) is 13.8 Å². The van der Waals surface area contributed by atoms with Gasteiger partial charge in [-0.25, -0.2) is 4.79 Å². The van der Waals surface area contributed by atoms with Gasteiger partial charge in [-0.15, -0.1) is 9.42 Å². The minimum absolute atomic E-state index is 0.326. The molecule has 0 saturated carbocycles. The summed E-state index contributed by atoms with van der Waals surface area (Å²) in [4.78, 5) is 10.6. The molecule has 1 fully saturated rings. The molecule has 1 rings (SSSR count). The average Bonchev–Trinajstić information content (AvgIpc) is 2.52. The van der Waals surface area contributed by atoms with E-state index in [0.29, 0.717) is 13.1 Å². The number of quaternary nitrogens is 1. The van der Waals surface area contributed by atoms with Crippen LogP contribution in [0.1, 0.15) is 26.7 Å². The van der Waals surface area contributed by atoms with E-state index >= 15 is 0 Å². The molecule has 0 bridgehead atoms. The maximum atomic E-state index is 12.0. The lowest BCUT2D eigenvalue weighted by Gasteiger charge is -2.31. The highest BCUT2D eigenvalue weighted by Crippen LogP contribution is 2.24. The summed E-state index contributed by atoms with van der Waals surface area (Å²) in [5.41, 5.74) is 2.14. The molecular formula is C8H17N2O4S+. The third-order valence-corrected chi connectivity index (χ3v) is 5.29. The molecule has 1 aliphatic heterocycles. The van der Waals surface area contributed by atoms with Crippen LogP contribution in [0.3, 0.4) is 0 Å². The molecule has 0 aromatic carbocycles. The van der Waals surface area contributed by atoms with Gasteiger partial charge in [0.15, 0.2) is 0 Å². The van der Waals surface area contributed by atoms with E-state index in [1.54, 1.807) is 13.8 Å². The first-order valence-corrected chi connectivity index (χ1v) is 6.44. The Morgan fingerprint density at radius 2 is 1.80 bits per heavy atom. The van der Waals surface area contributed by atoms with Gasteiger partial charge in [0, 0.05) is 12.8 Å². The van der Waals surface area contributed by atoms with Crippen molar-refractivity contribution in [3.63, 3.8) is 0 Å². The molecule has 1 heterocycles. The fourth-order valence-electron chi connectivity index (χ4n) is 1.85. The number of carbonyl (C=O) groups is 1. The monoisotopic (exact) mass is 237 g/mol. The van der Waals surface area contributed by atoms with Crippen LogP contribution in [0.4, 0.5) is 4.79 Å². The van der Waals surface area contributed by atoms with Crippen LogP contribution in [-0.4, -0.2) is 42.0 Å². The van der Waals surface area contributed by atoms with Gasteiger partial charge >= 0.3 is 16.1 Å². The van der Waals surface area contributed by atoms with Gasteiger partial charge in [-0.2, -0.15) is 8.42 Å². The molecule has 0 aromatic rings. The number of carboxylic acid groups (broad SMARTS) is 1. The van der Waals surface area contributed by atoms with E-state index in [-0.39, 0.29) is 0 Å². The zero-order valence-corrected chi connectivity index (χ0v) is 9.75. The average molecular weight is 237 g/mol. The zero-order chi connectivity index (χ0) is 11.7. The fourth-order valence-corrected chi connectivity index (χ4v) is 3.63. The van der Waals surface area contributed by atoms with Crippen LogP contribution in [-0.2, 0) is 10.0 Å². The number of hydrogen-bond acceptors (Lipinski definition) is 3. The standard InChI is InChI=1S/C8H16N2O4S/c1-7(2)15(13,14)10(9-8(11)12)5-3-4-6-10/h7,9H,3-6H2,1-2H3/p+1. The molecule has 88 valence electrons. The molecule has 2 N–H and O–H groups in total. The second-order valence-electron chi connectivity index (χ2n) is 4.02. The van der Waals surface area contributed by atoms with Gasteiger partial charge in [-0.1, -0.05) is 0 Å². The smallest absolute Gasteiger partial charge is 0.450 e. The summed E-state index contributed by atoms with van der Waals surface area (Å²) in [6.45, 7) is 3.79. The first-order valence-electron chi connectivity index (χ1n) is 4.94. The number of rotatable bonds is 3. The van der Waals surface area contributed by atoms with Crippen molar-refractivity contribution in [1.29, 1.82) is 0 Å². The topological polar surface area (TPSA) is 83.5 Å². The predicted molar refractivity (Wildman–Crippen MR) is 54.4 cm³/mol. The highest BCUT2D eigenvalue weighted by molar-refractivity contribution is 7.86. The third-order valence-electron chi connectivity index (χ3n) is 2.67. The Labute approximate surface area is 89.5 Å². The fraction of sp³-hybridized carbons (Fsp3) is 0.875. The molecule has 6 nitrogen and oxygen atoms in total. The van der Waals surface area contributed by atoms with Gasteiger partial charge in [0.05, 0.1) is 0 Å². The van der Waals surface area contributed by atoms with Gasteiger partial charge in [0.25, 0.3) is 0 Å². The predicted octanol–water partition coefficient (Wildman–Crippen LogP) is 0.518. The first kappa shape index (κ1) is 12.3. The van der Waals surface area contributed by atoms with Crippen LogP contribution >= 0.6 is 0 Å². The molecule has 1 amide bonds. The largest absolute Gasteiger partial charge is 0.462 e. The van der Waals surface area contributed by atoms with E-state index in [2.05, 4.69) is 5.43 Å². The zero-order valence-electron chi connectivity index (χ0n) is 8.93. The van der Waals surface area contributed by atoms with Crippen molar-refractivity contribution >= 4 is 16.1 Å². The third kappa shape index (κ3) is 2.07. The van der Waals surface area contributed by atoms with Crippen molar-refractivity contribution in [2.45, 2.75) is 31.9 Å². The van der Waals surface area contributed by atoms with Gasteiger partial charge < -0.3 is 5.11 Å². The molecule has 0 aliphatic carbocycles.